The van der Waals surface area contributed by atoms with Gasteiger partial charge in [0.05, 0.1) is 0 Å². The van der Waals surface area contributed by atoms with Gasteiger partial charge >= 0.3 is 12.3 Å². The van der Waals surface area contributed by atoms with Gasteiger partial charge in [0, 0.05) is 35.8 Å². The van der Waals surface area contributed by atoms with E-state index in [0.717, 1.165) is 19.8 Å². The lowest BCUT2D eigenvalue weighted by atomic mass is 9.84. The number of likely N-dealkylation sites (tertiary alicyclic amines) is 2. The normalized spacial score (nSPS) is 20.3. The zero-order valence-electron chi connectivity index (χ0n) is 15.5. The Hall–Kier alpha value is -1.96. The topological polar surface area (TPSA) is 49.9 Å². The van der Waals surface area contributed by atoms with Crippen LogP contribution in [0, 0.1) is 0 Å². The predicted molar refractivity (Wildman–Crippen MR) is 97.3 cm³/mol. The van der Waals surface area contributed by atoms with Crippen molar-refractivity contribution in [2.45, 2.75) is 50.4 Å². The minimum atomic E-state index is -4.58. The first-order chi connectivity index (χ1) is 13.1. The number of halogens is 4. The summed E-state index contributed by atoms with van der Waals surface area (Å²) in [5, 5.41) is 0.549. The Morgan fingerprint density at radius 3 is 2.29 bits per heavy atom. The Labute approximate surface area is 166 Å². The maximum atomic E-state index is 13.0. The quantitative estimate of drug-likeness (QED) is 0.710. The fourth-order valence-corrected chi connectivity index (χ4v) is 4.05. The lowest BCUT2D eigenvalue weighted by molar-refractivity contribution is -0.200. The minimum absolute atomic E-state index is 0.0871. The molecule has 0 N–H and O–H groups in total. The summed E-state index contributed by atoms with van der Waals surface area (Å²) in [5.41, 5.74) is 0.176. The van der Waals surface area contributed by atoms with E-state index < -0.39 is 18.4 Å². The maximum absolute atomic E-state index is 13.0. The van der Waals surface area contributed by atoms with Crippen LogP contribution in [0.25, 0.3) is 0 Å². The van der Waals surface area contributed by atoms with Crippen LogP contribution in [0.5, 0.6) is 0 Å². The second-order valence-corrected chi connectivity index (χ2v) is 7.78. The summed E-state index contributed by atoms with van der Waals surface area (Å²) in [6.45, 7) is 1.95. The molecule has 1 spiro atoms. The summed E-state index contributed by atoms with van der Waals surface area (Å²) in [6.07, 6.45) is -4.99. The van der Waals surface area contributed by atoms with Gasteiger partial charge in [-0.25, -0.2) is 4.79 Å². The molecule has 2 saturated heterocycles. The van der Waals surface area contributed by atoms with E-state index in [1.807, 2.05) is 4.90 Å². The third-order valence-electron chi connectivity index (χ3n) is 5.62. The smallest absolute Gasteiger partial charge is 0.425 e. The molecule has 3 rings (SSSR count). The van der Waals surface area contributed by atoms with Crippen molar-refractivity contribution in [2.24, 2.45) is 0 Å². The molecule has 1 aromatic carbocycles. The summed E-state index contributed by atoms with van der Waals surface area (Å²) in [4.78, 5) is 28.1. The van der Waals surface area contributed by atoms with Crippen LogP contribution >= 0.6 is 11.6 Å². The van der Waals surface area contributed by atoms with Crippen molar-refractivity contribution in [3.05, 3.63) is 34.9 Å². The van der Waals surface area contributed by atoms with E-state index in [9.17, 15) is 22.8 Å². The highest BCUT2D eigenvalue weighted by molar-refractivity contribution is 6.30. The highest BCUT2D eigenvalue weighted by atomic mass is 35.5. The number of ether oxygens (including phenoxy) is 1. The highest BCUT2D eigenvalue weighted by Gasteiger charge is 2.47. The van der Waals surface area contributed by atoms with Crippen LogP contribution in [-0.4, -0.2) is 59.3 Å². The molecule has 2 amide bonds. The summed E-state index contributed by atoms with van der Waals surface area (Å²) >= 11 is 5.88. The van der Waals surface area contributed by atoms with Crippen LogP contribution in [0.3, 0.4) is 0 Å². The average molecular weight is 419 g/mol. The number of amides is 2. The molecule has 9 heteroatoms. The van der Waals surface area contributed by atoms with Crippen LogP contribution in [0.1, 0.15) is 43.0 Å². The SMILES string of the molecule is CC(OC(=O)N1CCC2(CCCN2C(=O)c2ccc(Cl)cc2)CC1)C(F)(F)F. The first kappa shape index (κ1) is 20.8. The molecule has 1 aromatic rings. The zero-order valence-corrected chi connectivity index (χ0v) is 16.2. The van der Waals surface area contributed by atoms with Crippen LogP contribution < -0.4 is 0 Å². The molecule has 1 atom stereocenters. The molecule has 0 saturated carbocycles. The van der Waals surface area contributed by atoms with E-state index in [2.05, 4.69) is 4.74 Å². The van der Waals surface area contributed by atoms with Crippen LogP contribution in [0.15, 0.2) is 24.3 Å². The molecule has 2 heterocycles. The van der Waals surface area contributed by atoms with Crippen molar-refractivity contribution in [1.29, 1.82) is 0 Å². The van der Waals surface area contributed by atoms with Gasteiger partial charge in [-0.3, -0.25) is 4.79 Å². The predicted octanol–water partition coefficient (Wildman–Crippen LogP) is 4.50. The second-order valence-electron chi connectivity index (χ2n) is 7.35. The molecule has 0 radical (unpaired) electrons. The second kappa shape index (κ2) is 7.81. The largest absolute Gasteiger partial charge is 0.437 e. The van der Waals surface area contributed by atoms with Gasteiger partial charge in [-0.15, -0.1) is 0 Å². The van der Waals surface area contributed by atoms with Gasteiger partial charge in [0.2, 0.25) is 0 Å². The monoisotopic (exact) mass is 418 g/mol. The molecule has 2 fully saturated rings. The Morgan fingerprint density at radius 1 is 1.11 bits per heavy atom. The van der Waals surface area contributed by atoms with E-state index in [0.29, 0.717) is 30.0 Å². The summed E-state index contributed by atoms with van der Waals surface area (Å²) in [7, 11) is 0. The number of carbonyl (C=O) groups excluding carboxylic acids is 2. The Kier molecular flexibility index (Phi) is 5.79. The highest BCUT2D eigenvalue weighted by Crippen LogP contribution is 2.39. The fourth-order valence-electron chi connectivity index (χ4n) is 3.92. The van der Waals surface area contributed by atoms with Crippen molar-refractivity contribution in [3.8, 4) is 0 Å². The van der Waals surface area contributed by atoms with Crippen molar-refractivity contribution in [1.82, 2.24) is 9.80 Å². The van der Waals surface area contributed by atoms with E-state index in [1.165, 1.54) is 4.90 Å². The van der Waals surface area contributed by atoms with Crippen molar-refractivity contribution in [2.75, 3.05) is 19.6 Å². The van der Waals surface area contributed by atoms with E-state index in [-0.39, 0.29) is 24.5 Å². The van der Waals surface area contributed by atoms with Gasteiger partial charge in [-0.2, -0.15) is 13.2 Å². The van der Waals surface area contributed by atoms with Crippen molar-refractivity contribution < 1.29 is 27.5 Å². The van der Waals surface area contributed by atoms with E-state index in [1.54, 1.807) is 24.3 Å². The number of piperidine rings is 1. The van der Waals surface area contributed by atoms with Gasteiger partial charge in [0.25, 0.3) is 5.91 Å². The molecular weight excluding hydrogens is 397 g/mol. The molecule has 1 unspecified atom stereocenters. The van der Waals surface area contributed by atoms with Crippen LogP contribution in [-0.2, 0) is 4.74 Å². The Bertz CT molecular complexity index is 731. The number of carbonyl (C=O) groups is 2. The van der Waals surface area contributed by atoms with E-state index in [4.69, 9.17) is 11.6 Å². The Morgan fingerprint density at radius 2 is 1.71 bits per heavy atom. The summed E-state index contributed by atoms with van der Waals surface area (Å²) in [6, 6.07) is 6.69. The number of rotatable bonds is 2. The number of benzene rings is 1. The lowest BCUT2D eigenvalue weighted by Gasteiger charge is -2.44. The van der Waals surface area contributed by atoms with Crippen molar-refractivity contribution >= 4 is 23.6 Å². The fraction of sp³-hybridized carbons (Fsp3) is 0.579. The molecular formula is C19H22ClF3N2O3. The molecule has 2 aliphatic rings. The van der Waals surface area contributed by atoms with Gasteiger partial charge in [-0.05, 0) is 56.9 Å². The maximum Gasteiger partial charge on any atom is 0.425 e. The third-order valence-corrected chi connectivity index (χ3v) is 5.88. The molecule has 154 valence electrons. The molecule has 5 nitrogen and oxygen atoms in total. The molecule has 2 aliphatic heterocycles. The number of nitrogens with zero attached hydrogens (tertiary/aromatic N) is 2. The van der Waals surface area contributed by atoms with Crippen molar-refractivity contribution in [3.63, 3.8) is 0 Å². The standard InChI is InChI=1S/C19H22ClF3N2O3/c1-13(19(21,22)23)28-17(27)24-11-8-18(9-12-24)7-2-10-25(18)16(26)14-3-5-15(20)6-4-14/h3-6,13H,2,7-12H2,1H3. The first-order valence-electron chi connectivity index (χ1n) is 9.22. The van der Waals surface area contributed by atoms with Gasteiger partial charge in [-0.1, -0.05) is 11.6 Å². The van der Waals surface area contributed by atoms with Gasteiger partial charge in [0.1, 0.15) is 0 Å². The van der Waals surface area contributed by atoms with Crippen LogP contribution in [0.4, 0.5) is 18.0 Å². The molecule has 0 bridgehead atoms. The van der Waals surface area contributed by atoms with E-state index >= 15 is 0 Å². The lowest BCUT2D eigenvalue weighted by Crippen LogP contribution is -2.55. The summed E-state index contributed by atoms with van der Waals surface area (Å²) < 4.78 is 42.3. The Balaban J connectivity index is 1.64. The molecule has 0 aliphatic carbocycles. The summed E-state index contributed by atoms with van der Waals surface area (Å²) in [5.74, 6) is -0.0871. The zero-order chi connectivity index (χ0) is 20.5. The van der Waals surface area contributed by atoms with Gasteiger partial charge in [0.15, 0.2) is 6.10 Å². The number of hydrogen-bond acceptors (Lipinski definition) is 3. The minimum Gasteiger partial charge on any atom is -0.437 e. The third kappa shape index (κ3) is 4.21. The first-order valence-corrected chi connectivity index (χ1v) is 9.60. The van der Waals surface area contributed by atoms with Crippen LogP contribution in [0.2, 0.25) is 5.02 Å². The van der Waals surface area contributed by atoms with Gasteiger partial charge < -0.3 is 14.5 Å². The number of alkyl halides is 3. The molecule has 0 aromatic heterocycles. The average Bonchev–Trinajstić information content (AvgIpc) is 3.04. The number of hydrogen-bond donors (Lipinski definition) is 0. The molecule has 28 heavy (non-hydrogen) atoms.